The minimum Gasteiger partial charge on any atom is -0.504 e. The Kier molecular flexibility index (Phi) is 2.59. The summed E-state index contributed by atoms with van der Waals surface area (Å²) in [6.45, 7) is 0.636. The molecular weight excluding hydrogens is 190 g/mol. The van der Waals surface area contributed by atoms with E-state index >= 15 is 0 Å². The number of nitrogens with zero attached hydrogens (tertiary/aromatic N) is 1. The van der Waals surface area contributed by atoms with Gasteiger partial charge in [-0.1, -0.05) is 0 Å². The third-order valence-corrected chi connectivity index (χ3v) is 2.35. The first-order chi connectivity index (χ1) is 7.35. The van der Waals surface area contributed by atoms with Crippen LogP contribution in [0.2, 0.25) is 0 Å². The molecule has 0 saturated carbocycles. The third-order valence-electron chi connectivity index (χ3n) is 2.35. The molecule has 76 valence electrons. The number of benzene rings is 1. The van der Waals surface area contributed by atoms with Crippen LogP contribution in [0.1, 0.15) is 17.5 Å². The Hall–Kier alpha value is -1.95. The van der Waals surface area contributed by atoms with Crippen LogP contribution in [-0.2, 0) is 4.74 Å². The molecule has 0 aromatic heterocycles. The van der Waals surface area contributed by atoms with Gasteiger partial charge in [0.25, 0.3) is 0 Å². The van der Waals surface area contributed by atoms with Crippen molar-refractivity contribution < 1.29 is 9.47 Å². The fourth-order valence-corrected chi connectivity index (χ4v) is 1.65. The second-order valence-corrected chi connectivity index (χ2v) is 3.30. The van der Waals surface area contributed by atoms with Crippen molar-refractivity contribution in [2.24, 2.45) is 0 Å². The van der Waals surface area contributed by atoms with Gasteiger partial charge in [-0.2, -0.15) is 5.26 Å². The molecule has 1 aliphatic heterocycles. The second kappa shape index (κ2) is 4.05. The summed E-state index contributed by atoms with van der Waals surface area (Å²) < 4.78 is 10.5. The second-order valence-electron chi connectivity index (χ2n) is 3.30. The molecule has 3 nitrogen and oxygen atoms in total. The van der Waals surface area contributed by atoms with E-state index in [4.69, 9.17) is 14.7 Å². The fourth-order valence-electron chi connectivity index (χ4n) is 1.65. The predicted octanol–water partition coefficient (Wildman–Crippen LogP) is 2.33. The zero-order valence-electron chi connectivity index (χ0n) is 8.49. The van der Waals surface area contributed by atoms with Gasteiger partial charge >= 0.3 is 0 Å². The molecule has 0 radical (unpaired) electrons. The van der Waals surface area contributed by atoms with E-state index < -0.39 is 0 Å². The lowest BCUT2D eigenvalue weighted by Gasteiger charge is -2.19. The first kappa shape index (κ1) is 9.60. The van der Waals surface area contributed by atoms with E-state index in [0.717, 1.165) is 23.3 Å². The van der Waals surface area contributed by atoms with Gasteiger partial charge in [0.1, 0.15) is 5.75 Å². The van der Waals surface area contributed by atoms with Crippen molar-refractivity contribution in [3.8, 4) is 11.8 Å². The molecule has 1 aliphatic rings. The summed E-state index contributed by atoms with van der Waals surface area (Å²) in [5.41, 5.74) is 2.75. The molecule has 15 heavy (non-hydrogen) atoms. The molecule has 0 spiro atoms. The highest BCUT2D eigenvalue weighted by molar-refractivity contribution is 5.72. The first-order valence-electron chi connectivity index (χ1n) is 4.74. The molecule has 0 unspecified atom stereocenters. The summed E-state index contributed by atoms with van der Waals surface area (Å²) in [5.74, 6) is 0.767. The van der Waals surface area contributed by atoms with Crippen LogP contribution in [0.5, 0.6) is 5.75 Å². The van der Waals surface area contributed by atoms with Gasteiger partial charge in [-0.05, 0) is 18.2 Å². The van der Waals surface area contributed by atoms with Gasteiger partial charge in [0.2, 0.25) is 0 Å². The SMILES string of the molecule is CO/C=C1\CCOc2cc(C#N)ccc21. The molecule has 0 amide bonds. The van der Waals surface area contributed by atoms with Crippen LogP contribution in [0.4, 0.5) is 0 Å². The molecular formula is C12H11NO2. The van der Waals surface area contributed by atoms with Crippen LogP contribution >= 0.6 is 0 Å². The summed E-state index contributed by atoms with van der Waals surface area (Å²) in [5, 5.41) is 8.76. The van der Waals surface area contributed by atoms with E-state index in [1.807, 2.05) is 6.07 Å². The van der Waals surface area contributed by atoms with Crippen LogP contribution in [0.15, 0.2) is 24.5 Å². The van der Waals surface area contributed by atoms with E-state index in [2.05, 4.69) is 6.07 Å². The van der Waals surface area contributed by atoms with Crippen LogP contribution < -0.4 is 4.74 Å². The van der Waals surface area contributed by atoms with Crippen molar-refractivity contribution in [3.05, 3.63) is 35.6 Å². The lowest BCUT2D eigenvalue weighted by molar-refractivity contribution is 0.307. The third kappa shape index (κ3) is 1.79. The highest BCUT2D eigenvalue weighted by atomic mass is 16.5. The first-order valence-corrected chi connectivity index (χ1v) is 4.74. The topological polar surface area (TPSA) is 42.2 Å². The standard InChI is InChI=1S/C12H11NO2/c1-14-8-10-4-5-15-12-6-9(7-13)2-3-11(10)12/h2-3,6,8H,4-5H2,1H3/b10-8+. The van der Waals surface area contributed by atoms with Crippen LogP contribution in [0.3, 0.4) is 0 Å². The van der Waals surface area contributed by atoms with Gasteiger partial charge in [-0.25, -0.2) is 0 Å². The van der Waals surface area contributed by atoms with E-state index in [1.165, 1.54) is 0 Å². The van der Waals surface area contributed by atoms with E-state index in [0.29, 0.717) is 12.2 Å². The number of ether oxygens (including phenoxy) is 2. The maximum absolute atomic E-state index is 8.76. The molecule has 2 rings (SSSR count). The number of rotatable bonds is 1. The molecule has 3 heteroatoms. The highest BCUT2D eigenvalue weighted by Crippen LogP contribution is 2.33. The molecule has 0 saturated heterocycles. The minimum atomic E-state index is 0.618. The zero-order chi connectivity index (χ0) is 10.7. The molecule has 0 N–H and O–H groups in total. The lowest BCUT2D eigenvalue weighted by atomic mass is 9.99. The van der Waals surface area contributed by atoms with E-state index in [1.54, 1.807) is 25.5 Å². The van der Waals surface area contributed by atoms with Crippen molar-refractivity contribution >= 4 is 5.57 Å². The molecule has 1 aromatic carbocycles. The van der Waals surface area contributed by atoms with Gasteiger partial charge < -0.3 is 9.47 Å². The molecule has 0 bridgehead atoms. The van der Waals surface area contributed by atoms with Crippen LogP contribution in [0.25, 0.3) is 5.57 Å². The maximum Gasteiger partial charge on any atom is 0.128 e. The van der Waals surface area contributed by atoms with Crippen molar-refractivity contribution in [2.75, 3.05) is 13.7 Å². The zero-order valence-corrected chi connectivity index (χ0v) is 8.49. The number of hydrogen-bond donors (Lipinski definition) is 0. The van der Waals surface area contributed by atoms with Crippen molar-refractivity contribution in [2.45, 2.75) is 6.42 Å². The van der Waals surface area contributed by atoms with E-state index in [-0.39, 0.29) is 0 Å². The molecule has 0 atom stereocenters. The number of methoxy groups -OCH3 is 1. The van der Waals surface area contributed by atoms with Gasteiger partial charge in [-0.3, -0.25) is 0 Å². The normalized spacial score (nSPS) is 16.4. The maximum atomic E-state index is 8.76. The Morgan fingerprint density at radius 3 is 3.13 bits per heavy atom. The Morgan fingerprint density at radius 2 is 2.40 bits per heavy atom. The highest BCUT2D eigenvalue weighted by Gasteiger charge is 2.15. The van der Waals surface area contributed by atoms with Gasteiger partial charge in [0.15, 0.2) is 0 Å². The largest absolute Gasteiger partial charge is 0.504 e. The van der Waals surface area contributed by atoms with Crippen LogP contribution in [0, 0.1) is 11.3 Å². The summed E-state index contributed by atoms with van der Waals surface area (Å²) in [6, 6.07) is 7.54. The quantitative estimate of drug-likeness (QED) is 0.655. The summed E-state index contributed by atoms with van der Waals surface area (Å²) in [4.78, 5) is 0. The summed E-state index contributed by atoms with van der Waals surface area (Å²) >= 11 is 0. The Bertz CT molecular complexity index is 443. The fraction of sp³-hybridized carbons (Fsp3) is 0.250. The van der Waals surface area contributed by atoms with Gasteiger partial charge in [-0.15, -0.1) is 0 Å². The molecule has 0 aliphatic carbocycles. The average molecular weight is 201 g/mol. The molecule has 1 aromatic rings. The lowest BCUT2D eigenvalue weighted by Crippen LogP contribution is -2.08. The van der Waals surface area contributed by atoms with E-state index in [9.17, 15) is 0 Å². The number of hydrogen-bond acceptors (Lipinski definition) is 3. The summed E-state index contributed by atoms with van der Waals surface area (Å²) in [7, 11) is 1.63. The van der Waals surface area contributed by atoms with Gasteiger partial charge in [0.05, 0.1) is 31.6 Å². The molecule has 1 heterocycles. The Labute approximate surface area is 88.5 Å². The number of fused-ring (bicyclic) bond motifs is 1. The minimum absolute atomic E-state index is 0.618. The van der Waals surface area contributed by atoms with Gasteiger partial charge in [0, 0.05) is 17.6 Å². The van der Waals surface area contributed by atoms with Crippen LogP contribution in [-0.4, -0.2) is 13.7 Å². The Balaban J connectivity index is 2.46. The van der Waals surface area contributed by atoms with Crippen molar-refractivity contribution in [1.29, 1.82) is 5.26 Å². The Morgan fingerprint density at radius 1 is 1.53 bits per heavy atom. The van der Waals surface area contributed by atoms with Crippen molar-refractivity contribution in [3.63, 3.8) is 0 Å². The monoisotopic (exact) mass is 201 g/mol. The summed E-state index contributed by atoms with van der Waals surface area (Å²) in [6.07, 6.45) is 2.57. The number of nitriles is 1. The van der Waals surface area contributed by atoms with Crippen molar-refractivity contribution in [1.82, 2.24) is 0 Å². The smallest absolute Gasteiger partial charge is 0.128 e. The average Bonchev–Trinajstić information content (AvgIpc) is 2.29. The predicted molar refractivity (Wildman–Crippen MR) is 56.3 cm³/mol. The molecule has 0 fully saturated rings.